The first kappa shape index (κ1) is 15.6. The van der Waals surface area contributed by atoms with Crippen LogP contribution in [0, 0.1) is 6.92 Å². The van der Waals surface area contributed by atoms with Crippen molar-refractivity contribution in [2.75, 3.05) is 14.2 Å². The van der Waals surface area contributed by atoms with E-state index in [0.29, 0.717) is 17.3 Å². The molecule has 0 spiro atoms. The number of fused-ring (bicyclic) bond motifs is 1. The van der Waals surface area contributed by atoms with E-state index in [4.69, 9.17) is 9.47 Å². The van der Waals surface area contributed by atoms with Crippen LogP contribution in [-0.4, -0.2) is 43.8 Å². The highest BCUT2D eigenvalue weighted by Gasteiger charge is 2.18. The fourth-order valence-electron chi connectivity index (χ4n) is 2.69. The van der Waals surface area contributed by atoms with Gasteiger partial charge in [0.1, 0.15) is 0 Å². The third-order valence-electron chi connectivity index (χ3n) is 3.85. The van der Waals surface area contributed by atoms with Gasteiger partial charge in [-0.2, -0.15) is 14.7 Å². The average molecular weight is 356 g/mol. The summed E-state index contributed by atoms with van der Waals surface area (Å²) in [5, 5.41) is 18.4. The van der Waals surface area contributed by atoms with Gasteiger partial charge >= 0.3 is 0 Å². The zero-order chi connectivity index (χ0) is 17.6. The fraction of sp³-hybridized carbons (Fsp3) is 0.250. The van der Waals surface area contributed by atoms with Gasteiger partial charge in [0, 0.05) is 12.6 Å². The molecule has 0 atom stereocenters. The van der Waals surface area contributed by atoms with Crippen LogP contribution in [0.4, 0.5) is 0 Å². The first-order valence-electron chi connectivity index (χ1n) is 7.56. The standard InChI is InChI=1S/C16H16N6O2S/c1-9-7-11(21(2)19-9)15-20-22-14(17-18-16(22)25-15)10-5-6-12(23-3)13(8-10)24-4/h5-8H,1-4H3. The zero-order valence-electron chi connectivity index (χ0n) is 14.2. The van der Waals surface area contributed by atoms with Crippen molar-refractivity contribution in [3.05, 3.63) is 30.0 Å². The molecule has 0 fully saturated rings. The topological polar surface area (TPSA) is 79.4 Å². The second-order valence-electron chi connectivity index (χ2n) is 5.49. The normalized spacial score (nSPS) is 11.2. The molecule has 1 aromatic carbocycles. The van der Waals surface area contributed by atoms with Crippen molar-refractivity contribution in [3.8, 4) is 33.6 Å². The second-order valence-corrected chi connectivity index (χ2v) is 6.45. The first-order chi connectivity index (χ1) is 12.1. The van der Waals surface area contributed by atoms with E-state index in [-0.39, 0.29) is 0 Å². The Kier molecular flexibility index (Phi) is 3.65. The van der Waals surface area contributed by atoms with Crippen LogP contribution in [0.3, 0.4) is 0 Å². The van der Waals surface area contributed by atoms with E-state index < -0.39 is 0 Å². The predicted molar refractivity (Wildman–Crippen MR) is 94.1 cm³/mol. The summed E-state index contributed by atoms with van der Waals surface area (Å²) in [5.41, 5.74) is 2.75. The zero-order valence-corrected chi connectivity index (χ0v) is 15.0. The minimum atomic E-state index is 0.634. The Morgan fingerprint density at radius 3 is 2.48 bits per heavy atom. The van der Waals surface area contributed by atoms with Gasteiger partial charge in [0.2, 0.25) is 4.96 Å². The number of aromatic nitrogens is 6. The van der Waals surface area contributed by atoms with Crippen molar-refractivity contribution < 1.29 is 9.47 Å². The summed E-state index contributed by atoms with van der Waals surface area (Å²) in [5.74, 6) is 1.95. The molecule has 25 heavy (non-hydrogen) atoms. The van der Waals surface area contributed by atoms with E-state index in [0.717, 1.165) is 26.9 Å². The van der Waals surface area contributed by atoms with Gasteiger partial charge in [0.15, 0.2) is 22.3 Å². The predicted octanol–water partition coefficient (Wildman–Crippen LogP) is 2.58. The molecule has 128 valence electrons. The van der Waals surface area contributed by atoms with Gasteiger partial charge in [-0.25, -0.2) is 0 Å². The Morgan fingerprint density at radius 1 is 1.00 bits per heavy atom. The first-order valence-corrected chi connectivity index (χ1v) is 8.38. The van der Waals surface area contributed by atoms with Crippen molar-refractivity contribution in [2.24, 2.45) is 7.05 Å². The monoisotopic (exact) mass is 356 g/mol. The van der Waals surface area contributed by atoms with Gasteiger partial charge in [0.25, 0.3) is 0 Å². The molecular formula is C16H16N6O2S. The number of hydrogen-bond acceptors (Lipinski definition) is 7. The minimum Gasteiger partial charge on any atom is -0.493 e. The lowest BCUT2D eigenvalue weighted by Gasteiger charge is -2.08. The molecule has 0 unspecified atom stereocenters. The fourth-order valence-corrected chi connectivity index (χ4v) is 3.57. The number of rotatable bonds is 4. The quantitative estimate of drug-likeness (QED) is 0.559. The van der Waals surface area contributed by atoms with Crippen LogP contribution >= 0.6 is 11.3 Å². The Bertz CT molecular complexity index is 1060. The molecule has 3 aromatic heterocycles. The summed E-state index contributed by atoms with van der Waals surface area (Å²) >= 11 is 1.47. The lowest BCUT2D eigenvalue weighted by molar-refractivity contribution is 0.355. The SMILES string of the molecule is COc1ccc(-c2nnc3sc(-c4cc(C)nn4C)nn23)cc1OC. The van der Waals surface area contributed by atoms with Crippen molar-refractivity contribution >= 4 is 16.3 Å². The molecule has 4 rings (SSSR count). The number of nitrogens with zero attached hydrogens (tertiary/aromatic N) is 6. The molecule has 0 saturated carbocycles. The van der Waals surface area contributed by atoms with Crippen LogP contribution < -0.4 is 9.47 Å². The largest absolute Gasteiger partial charge is 0.493 e. The van der Waals surface area contributed by atoms with Crippen LogP contribution in [0.25, 0.3) is 27.1 Å². The maximum absolute atomic E-state index is 5.37. The molecule has 9 heteroatoms. The molecule has 8 nitrogen and oxygen atoms in total. The minimum absolute atomic E-state index is 0.634. The van der Waals surface area contributed by atoms with Gasteiger partial charge in [0.05, 0.1) is 25.6 Å². The van der Waals surface area contributed by atoms with Gasteiger partial charge in [-0.1, -0.05) is 11.3 Å². The molecule has 3 heterocycles. The van der Waals surface area contributed by atoms with Crippen molar-refractivity contribution in [2.45, 2.75) is 6.92 Å². The van der Waals surface area contributed by atoms with Crippen LogP contribution in [0.15, 0.2) is 24.3 Å². The summed E-state index contributed by atoms with van der Waals surface area (Å²) in [4.78, 5) is 0.721. The van der Waals surface area contributed by atoms with E-state index in [1.807, 2.05) is 42.9 Å². The summed E-state index contributed by atoms with van der Waals surface area (Å²) in [6.45, 7) is 1.96. The second kappa shape index (κ2) is 5.85. The summed E-state index contributed by atoms with van der Waals surface area (Å²) in [6.07, 6.45) is 0. The lowest BCUT2D eigenvalue weighted by atomic mass is 10.2. The number of methoxy groups -OCH3 is 2. The molecule has 0 amide bonds. The van der Waals surface area contributed by atoms with Gasteiger partial charge in [-0.05, 0) is 31.2 Å². The summed E-state index contributed by atoms with van der Waals surface area (Å²) in [7, 11) is 5.11. The molecule has 0 aliphatic rings. The number of hydrogen-bond donors (Lipinski definition) is 0. The Balaban J connectivity index is 1.82. The molecule has 0 saturated heterocycles. The molecular weight excluding hydrogens is 340 g/mol. The van der Waals surface area contributed by atoms with Crippen molar-refractivity contribution in [3.63, 3.8) is 0 Å². The van der Waals surface area contributed by atoms with Crippen LogP contribution in [0.2, 0.25) is 0 Å². The highest BCUT2D eigenvalue weighted by molar-refractivity contribution is 7.19. The third kappa shape index (κ3) is 2.52. The van der Waals surface area contributed by atoms with Crippen LogP contribution in [-0.2, 0) is 7.05 Å². The summed E-state index contributed by atoms with van der Waals surface area (Å²) < 4.78 is 14.2. The molecule has 4 aromatic rings. The van der Waals surface area contributed by atoms with Crippen molar-refractivity contribution in [1.82, 2.24) is 29.6 Å². The van der Waals surface area contributed by atoms with Crippen LogP contribution in [0.1, 0.15) is 5.69 Å². The van der Waals surface area contributed by atoms with E-state index in [9.17, 15) is 0 Å². The van der Waals surface area contributed by atoms with Crippen LogP contribution in [0.5, 0.6) is 11.5 Å². The van der Waals surface area contributed by atoms with E-state index in [1.165, 1.54) is 11.3 Å². The van der Waals surface area contributed by atoms with E-state index in [2.05, 4.69) is 20.4 Å². The van der Waals surface area contributed by atoms with E-state index >= 15 is 0 Å². The lowest BCUT2D eigenvalue weighted by Crippen LogP contribution is -1.96. The number of benzene rings is 1. The van der Waals surface area contributed by atoms with Gasteiger partial charge in [-0.15, -0.1) is 10.2 Å². The number of ether oxygens (including phenoxy) is 2. The molecule has 0 radical (unpaired) electrons. The molecule has 0 N–H and O–H groups in total. The Hall–Kier alpha value is -2.94. The Labute approximate surface area is 147 Å². The molecule has 0 bridgehead atoms. The van der Waals surface area contributed by atoms with Gasteiger partial charge < -0.3 is 9.47 Å². The summed E-state index contributed by atoms with van der Waals surface area (Å²) in [6, 6.07) is 7.61. The highest BCUT2D eigenvalue weighted by Crippen LogP contribution is 2.33. The maximum atomic E-state index is 5.37. The highest BCUT2D eigenvalue weighted by atomic mass is 32.1. The smallest absolute Gasteiger partial charge is 0.235 e. The van der Waals surface area contributed by atoms with Crippen molar-refractivity contribution in [1.29, 1.82) is 0 Å². The van der Waals surface area contributed by atoms with E-state index in [1.54, 1.807) is 18.7 Å². The maximum Gasteiger partial charge on any atom is 0.235 e. The molecule has 0 aliphatic carbocycles. The Morgan fingerprint density at radius 2 is 1.80 bits per heavy atom. The van der Waals surface area contributed by atoms with Gasteiger partial charge in [-0.3, -0.25) is 4.68 Å². The molecule has 0 aliphatic heterocycles. The average Bonchev–Trinajstić information content (AvgIpc) is 3.27. The third-order valence-corrected chi connectivity index (χ3v) is 4.78. The number of aryl methyl sites for hydroxylation is 2.